The van der Waals surface area contributed by atoms with Gasteiger partial charge in [0, 0.05) is 17.5 Å². The minimum absolute atomic E-state index is 0.00286. The molecule has 0 saturated carbocycles. The Morgan fingerprint density at radius 2 is 1.72 bits per heavy atom. The van der Waals surface area contributed by atoms with E-state index in [1.807, 2.05) is 0 Å². The number of aliphatic hydroxyl groups excluding tert-OH is 1. The van der Waals surface area contributed by atoms with Crippen molar-refractivity contribution in [2.75, 3.05) is 0 Å². The van der Waals surface area contributed by atoms with E-state index in [2.05, 4.69) is 6.58 Å². The van der Waals surface area contributed by atoms with E-state index < -0.39 is 12.0 Å². The first kappa shape index (κ1) is 18.7. The molecule has 132 valence electrons. The lowest BCUT2D eigenvalue weighted by atomic mass is 9.86. The van der Waals surface area contributed by atoms with Gasteiger partial charge in [-0.2, -0.15) is 0 Å². The summed E-state index contributed by atoms with van der Waals surface area (Å²) in [7, 11) is 0. The number of aromatic hydroxyl groups is 2. The van der Waals surface area contributed by atoms with Crippen LogP contribution in [0.1, 0.15) is 37.3 Å². The molecule has 0 fully saturated rings. The number of carbonyl (C=O) groups excluding carboxylic acids is 1. The van der Waals surface area contributed by atoms with Crippen LogP contribution in [0.3, 0.4) is 0 Å². The summed E-state index contributed by atoms with van der Waals surface area (Å²) in [4.78, 5) is 12.2. The number of hydrogen-bond donors (Lipinski definition) is 3. The van der Waals surface area contributed by atoms with Crippen LogP contribution in [0.5, 0.6) is 11.5 Å². The van der Waals surface area contributed by atoms with Gasteiger partial charge in [0.1, 0.15) is 17.3 Å². The van der Waals surface area contributed by atoms with Gasteiger partial charge in [0.05, 0.1) is 12.0 Å². The van der Waals surface area contributed by atoms with Crippen LogP contribution >= 0.6 is 0 Å². The number of phenols is 2. The molecule has 0 aliphatic heterocycles. The molecule has 0 aromatic heterocycles. The second-order valence-corrected chi connectivity index (χ2v) is 6.16. The van der Waals surface area contributed by atoms with E-state index in [0.717, 1.165) is 5.56 Å². The van der Waals surface area contributed by atoms with Crippen molar-refractivity contribution in [1.29, 1.82) is 0 Å². The van der Waals surface area contributed by atoms with Gasteiger partial charge in [0.15, 0.2) is 0 Å². The van der Waals surface area contributed by atoms with Crippen LogP contribution in [0, 0.1) is 0 Å². The Hall–Kier alpha value is -2.59. The van der Waals surface area contributed by atoms with Crippen molar-refractivity contribution in [2.24, 2.45) is 0 Å². The molecule has 0 radical (unpaired) electrons. The summed E-state index contributed by atoms with van der Waals surface area (Å²) in [6.45, 7) is 7.04. The zero-order chi connectivity index (χ0) is 18.6. The average Bonchev–Trinajstić information content (AvgIpc) is 2.58. The van der Waals surface area contributed by atoms with E-state index in [9.17, 15) is 20.1 Å². The van der Waals surface area contributed by atoms with Crippen LogP contribution in [0.4, 0.5) is 0 Å². The summed E-state index contributed by atoms with van der Waals surface area (Å²) in [6.07, 6.45) is 1.87. The maximum atomic E-state index is 12.2. The molecule has 0 heterocycles. The fourth-order valence-corrected chi connectivity index (χ4v) is 3.01. The molecule has 4 nitrogen and oxygen atoms in total. The number of benzene rings is 2. The number of hydrogen-bond acceptors (Lipinski definition) is 4. The highest BCUT2D eigenvalue weighted by Gasteiger charge is 2.25. The highest BCUT2D eigenvalue weighted by atomic mass is 16.3. The van der Waals surface area contributed by atoms with E-state index in [-0.39, 0.29) is 17.3 Å². The largest absolute Gasteiger partial charge is 0.507 e. The van der Waals surface area contributed by atoms with Crippen molar-refractivity contribution in [2.45, 2.75) is 38.7 Å². The quantitative estimate of drug-likeness (QED) is 0.667. The van der Waals surface area contributed by atoms with Gasteiger partial charge in [-0.15, -0.1) is 6.58 Å². The third-order valence-corrected chi connectivity index (χ3v) is 4.29. The van der Waals surface area contributed by atoms with E-state index in [1.165, 1.54) is 6.07 Å². The fourth-order valence-electron chi connectivity index (χ4n) is 3.01. The molecule has 0 spiro atoms. The lowest BCUT2D eigenvalue weighted by molar-refractivity contribution is -0.122. The third kappa shape index (κ3) is 4.09. The number of allylic oxidation sites excluding steroid dienone is 1. The minimum atomic E-state index is -0.842. The molecule has 2 rings (SSSR count). The van der Waals surface area contributed by atoms with E-state index >= 15 is 0 Å². The standard InChI is InChI=1S/C21H24O4/c1-4-6-14-7-9-19(24)16(11-14)17-12-15(8-10-20(17)25)21(13(3)22)18(23)5-2/h4,7-13,21-22,24-25H,1,5-6H2,2-3H3. The average molecular weight is 340 g/mol. The number of phenolic OH excluding ortho intramolecular Hbond substituents is 2. The summed E-state index contributed by atoms with van der Waals surface area (Å²) in [5.74, 6) is -0.696. The van der Waals surface area contributed by atoms with Crippen LogP contribution in [0.2, 0.25) is 0 Å². The SMILES string of the molecule is C=CCc1ccc(O)c(-c2cc(C(C(=O)CC)C(C)O)ccc2O)c1. The molecule has 0 amide bonds. The normalized spacial score (nSPS) is 13.2. The van der Waals surface area contributed by atoms with Gasteiger partial charge >= 0.3 is 0 Å². The van der Waals surface area contributed by atoms with Gasteiger partial charge in [-0.1, -0.05) is 25.1 Å². The van der Waals surface area contributed by atoms with Crippen LogP contribution in [-0.2, 0) is 11.2 Å². The number of ketones is 1. The Morgan fingerprint density at radius 3 is 2.28 bits per heavy atom. The molecule has 0 saturated heterocycles. The van der Waals surface area contributed by atoms with Gasteiger partial charge < -0.3 is 15.3 Å². The Labute approximate surface area is 148 Å². The van der Waals surface area contributed by atoms with E-state index in [4.69, 9.17) is 0 Å². The number of Topliss-reactive ketones (excluding diaryl/α,β-unsaturated/α-hetero) is 1. The maximum Gasteiger partial charge on any atom is 0.142 e. The van der Waals surface area contributed by atoms with Crippen LogP contribution in [0.25, 0.3) is 11.1 Å². The lowest BCUT2D eigenvalue weighted by Crippen LogP contribution is -2.23. The number of rotatable bonds is 7. The van der Waals surface area contributed by atoms with Crippen LogP contribution in [-0.4, -0.2) is 27.2 Å². The van der Waals surface area contributed by atoms with Gasteiger partial charge in [0.25, 0.3) is 0 Å². The molecule has 25 heavy (non-hydrogen) atoms. The molecular weight excluding hydrogens is 316 g/mol. The minimum Gasteiger partial charge on any atom is -0.507 e. The molecule has 3 N–H and O–H groups in total. The third-order valence-electron chi connectivity index (χ3n) is 4.29. The Kier molecular flexibility index (Phi) is 5.99. The summed E-state index contributed by atoms with van der Waals surface area (Å²) in [5.41, 5.74) is 2.47. The highest BCUT2D eigenvalue weighted by molar-refractivity contribution is 5.87. The van der Waals surface area contributed by atoms with Crippen molar-refractivity contribution in [3.8, 4) is 22.6 Å². The summed E-state index contributed by atoms with van der Waals surface area (Å²) >= 11 is 0. The summed E-state index contributed by atoms with van der Waals surface area (Å²) in [5, 5.41) is 30.5. The summed E-state index contributed by atoms with van der Waals surface area (Å²) in [6, 6.07) is 9.93. The van der Waals surface area contributed by atoms with Gasteiger partial charge in [0.2, 0.25) is 0 Å². The van der Waals surface area contributed by atoms with Crippen molar-refractivity contribution < 1.29 is 20.1 Å². The van der Waals surface area contributed by atoms with Crippen LogP contribution in [0.15, 0.2) is 49.1 Å². The molecule has 0 aliphatic carbocycles. The molecule has 2 aromatic carbocycles. The first-order valence-electron chi connectivity index (χ1n) is 8.35. The van der Waals surface area contributed by atoms with Crippen molar-refractivity contribution in [3.63, 3.8) is 0 Å². The highest BCUT2D eigenvalue weighted by Crippen LogP contribution is 2.38. The zero-order valence-electron chi connectivity index (χ0n) is 14.6. The van der Waals surface area contributed by atoms with E-state index in [1.54, 1.807) is 50.3 Å². The smallest absolute Gasteiger partial charge is 0.142 e. The van der Waals surface area contributed by atoms with Crippen molar-refractivity contribution >= 4 is 5.78 Å². The second-order valence-electron chi connectivity index (χ2n) is 6.16. The number of aliphatic hydroxyl groups is 1. The molecule has 2 atom stereocenters. The Morgan fingerprint density at radius 1 is 1.12 bits per heavy atom. The maximum absolute atomic E-state index is 12.2. The molecule has 0 aliphatic rings. The molecule has 0 bridgehead atoms. The Balaban J connectivity index is 2.58. The first-order valence-corrected chi connectivity index (χ1v) is 8.35. The second kappa shape index (κ2) is 7.99. The van der Waals surface area contributed by atoms with Gasteiger partial charge in [-0.05, 0) is 48.7 Å². The van der Waals surface area contributed by atoms with Crippen LogP contribution < -0.4 is 0 Å². The molecule has 2 aromatic rings. The number of carbonyl (C=O) groups is 1. The Bertz CT molecular complexity index is 777. The molecule has 4 heteroatoms. The lowest BCUT2D eigenvalue weighted by Gasteiger charge is -2.20. The topological polar surface area (TPSA) is 77.8 Å². The van der Waals surface area contributed by atoms with E-state index in [0.29, 0.717) is 29.5 Å². The first-order chi connectivity index (χ1) is 11.9. The van der Waals surface area contributed by atoms with Gasteiger partial charge in [-0.25, -0.2) is 0 Å². The van der Waals surface area contributed by atoms with Crippen molar-refractivity contribution in [3.05, 3.63) is 60.2 Å². The van der Waals surface area contributed by atoms with Gasteiger partial charge in [-0.3, -0.25) is 4.79 Å². The summed E-state index contributed by atoms with van der Waals surface area (Å²) < 4.78 is 0. The fraction of sp³-hybridized carbons (Fsp3) is 0.286. The molecular formula is C21H24O4. The molecule has 2 unspecified atom stereocenters. The predicted octanol–water partition coefficient (Wildman–Crippen LogP) is 3.94. The predicted molar refractivity (Wildman–Crippen MR) is 98.8 cm³/mol. The monoisotopic (exact) mass is 340 g/mol. The zero-order valence-corrected chi connectivity index (χ0v) is 14.6. The van der Waals surface area contributed by atoms with Crippen molar-refractivity contribution in [1.82, 2.24) is 0 Å².